The van der Waals surface area contributed by atoms with Crippen LogP contribution >= 0.6 is 0 Å². The van der Waals surface area contributed by atoms with Gasteiger partial charge in [-0.2, -0.15) is 5.10 Å². The molecule has 0 bridgehead atoms. The highest BCUT2D eigenvalue weighted by molar-refractivity contribution is 5.79. The molecule has 1 aromatic carbocycles. The first-order chi connectivity index (χ1) is 11.1. The van der Waals surface area contributed by atoms with E-state index < -0.39 is 0 Å². The number of hydrogen-bond donors (Lipinski definition) is 3. The molecular formula is C16H24N6O. The van der Waals surface area contributed by atoms with Gasteiger partial charge in [-0.05, 0) is 45.0 Å². The molecule has 0 saturated heterocycles. The maximum atomic E-state index is 5.15. The first-order valence-corrected chi connectivity index (χ1v) is 7.73. The van der Waals surface area contributed by atoms with Gasteiger partial charge in [0, 0.05) is 18.2 Å². The molecule has 23 heavy (non-hydrogen) atoms. The molecule has 0 aliphatic rings. The van der Waals surface area contributed by atoms with Gasteiger partial charge in [0.25, 0.3) is 0 Å². The molecule has 0 radical (unpaired) electrons. The molecule has 3 N–H and O–H groups in total. The van der Waals surface area contributed by atoms with Crippen LogP contribution in [0.4, 0.5) is 0 Å². The third-order valence-corrected chi connectivity index (χ3v) is 3.04. The zero-order chi connectivity index (χ0) is 16.7. The summed E-state index contributed by atoms with van der Waals surface area (Å²) in [5, 5.41) is 13.6. The Hall–Kier alpha value is -2.57. The zero-order valence-electron chi connectivity index (χ0n) is 14.1. The summed E-state index contributed by atoms with van der Waals surface area (Å²) >= 11 is 0. The lowest BCUT2D eigenvalue weighted by atomic mass is 10.2. The summed E-state index contributed by atoms with van der Waals surface area (Å²) in [6.45, 7) is 7.43. The van der Waals surface area contributed by atoms with Crippen LogP contribution in [-0.2, 0) is 6.54 Å². The number of aromatic nitrogens is 3. The van der Waals surface area contributed by atoms with Gasteiger partial charge in [0.2, 0.25) is 0 Å². The third-order valence-electron chi connectivity index (χ3n) is 3.04. The minimum atomic E-state index is 0.317. The van der Waals surface area contributed by atoms with Crippen molar-refractivity contribution in [1.29, 1.82) is 0 Å². The monoisotopic (exact) mass is 316 g/mol. The second-order valence-corrected chi connectivity index (χ2v) is 5.33. The van der Waals surface area contributed by atoms with Crippen molar-refractivity contribution in [2.45, 2.75) is 33.4 Å². The van der Waals surface area contributed by atoms with E-state index >= 15 is 0 Å². The number of benzene rings is 1. The molecule has 0 saturated carbocycles. The van der Waals surface area contributed by atoms with Crippen molar-refractivity contribution < 1.29 is 4.74 Å². The second kappa shape index (κ2) is 8.17. The number of aromatic amines is 1. The summed E-state index contributed by atoms with van der Waals surface area (Å²) in [4.78, 5) is 8.98. The smallest absolute Gasteiger partial charge is 0.191 e. The molecule has 0 aliphatic heterocycles. The Kier molecular flexibility index (Phi) is 5.96. The Balaban J connectivity index is 2.05. The second-order valence-electron chi connectivity index (χ2n) is 5.33. The Morgan fingerprint density at radius 2 is 2.04 bits per heavy atom. The van der Waals surface area contributed by atoms with Crippen LogP contribution in [0.5, 0.6) is 5.75 Å². The molecule has 7 nitrogen and oxygen atoms in total. The van der Waals surface area contributed by atoms with Crippen LogP contribution in [0.15, 0.2) is 29.3 Å². The van der Waals surface area contributed by atoms with Crippen molar-refractivity contribution in [2.75, 3.05) is 13.7 Å². The normalized spacial score (nSPS) is 11.6. The molecule has 0 spiro atoms. The minimum Gasteiger partial charge on any atom is -0.497 e. The van der Waals surface area contributed by atoms with Crippen LogP contribution in [0, 0.1) is 0 Å². The predicted molar refractivity (Wildman–Crippen MR) is 91.5 cm³/mol. The van der Waals surface area contributed by atoms with Crippen LogP contribution in [0.2, 0.25) is 0 Å². The van der Waals surface area contributed by atoms with E-state index in [2.05, 4.69) is 44.7 Å². The molecule has 0 amide bonds. The Labute approximate surface area is 136 Å². The van der Waals surface area contributed by atoms with E-state index in [1.807, 2.05) is 31.2 Å². The summed E-state index contributed by atoms with van der Waals surface area (Å²) < 4.78 is 5.15. The molecule has 0 unspecified atom stereocenters. The van der Waals surface area contributed by atoms with Crippen molar-refractivity contribution in [3.8, 4) is 17.1 Å². The molecule has 0 aliphatic carbocycles. The number of aliphatic imine (C=N–C) groups is 1. The summed E-state index contributed by atoms with van der Waals surface area (Å²) in [6.07, 6.45) is 0. The lowest BCUT2D eigenvalue weighted by Gasteiger charge is -2.13. The van der Waals surface area contributed by atoms with Gasteiger partial charge in [-0.15, -0.1) is 0 Å². The van der Waals surface area contributed by atoms with Crippen molar-refractivity contribution >= 4 is 5.96 Å². The van der Waals surface area contributed by atoms with Gasteiger partial charge in [0.05, 0.1) is 7.11 Å². The Morgan fingerprint density at radius 1 is 1.30 bits per heavy atom. The lowest BCUT2D eigenvalue weighted by Crippen LogP contribution is -2.41. The van der Waals surface area contributed by atoms with Crippen LogP contribution < -0.4 is 15.4 Å². The van der Waals surface area contributed by atoms with E-state index in [1.165, 1.54) is 0 Å². The number of H-pyrrole nitrogens is 1. The number of nitrogens with one attached hydrogen (secondary N) is 3. The molecule has 1 heterocycles. The summed E-state index contributed by atoms with van der Waals surface area (Å²) in [5.41, 5.74) is 0.935. The van der Waals surface area contributed by atoms with Gasteiger partial charge in [-0.25, -0.2) is 9.98 Å². The number of nitrogens with zero attached hydrogens (tertiary/aromatic N) is 3. The van der Waals surface area contributed by atoms with E-state index in [4.69, 9.17) is 4.74 Å². The van der Waals surface area contributed by atoms with E-state index in [0.717, 1.165) is 29.6 Å². The Morgan fingerprint density at radius 3 is 2.65 bits per heavy atom. The van der Waals surface area contributed by atoms with Gasteiger partial charge < -0.3 is 15.4 Å². The fraction of sp³-hybridized carbons (Fsp3) is 0.438. The SMILES string of the molecule is CCNC(=NCc1nc(-c2ccc(OC)cc2)n[nH]1)NC(C)C. The molecule has 2 aromatic rings. The third kappa shape index (κ3) is 4.98. The van der Waals surface area contributed by atoms with Crippen LogP contribution in [-0.4, -0.2) is 40.8 Å². The average molecular weight is 316 g/mol. The van der Waals surface area contributed by atoms with E-state index in [1.54, 1.807) is 7.11 Å². The van der Waals surface area contributed by atoms with E-state index in [0.29, 0.717) is 18.4 Å². The molecule has 124 valence electrons. The number of rotatable bonds is 6. The fourth-order valence-electron chi connectivity index (χ4n) is 1.98. The first kappa shape index (κ1) is 16.8. The topological polar surface area (TPSA) is 87.2 Å². The van der Waals surface area contributed by atoms with Crippen molar-refractivity contribution in [1.82, 2.24) is 25.8 Å². The van der Waals surface area contributed by atoms with Gasteiger partial charge >= 0.3 is 0 Å². The highest BCUT2D eigenvalue weighted by atomic mass is 16.5. The average Bonchev–Trinajstić information content (AvgIpc) is 3.01. The Bertz CT molecular complexity index is 632. The zero-order valence-corrected chi connectivity index (χ0v) is 14.1. The molecule has 0 atom stereocenters. The van der Waals surface area contributed by atoms with Crippen LogP contribution in [0.25, 0.3) is 11.4 Å². The van der Waals surface area contributed by atoms with Gasteiger partial charge in [-0.1, -0.05) is 0 Å². The fourth-order valence-corrected chi connectivity index (χ4v) is 1.98. The van der Waals surface area contributed by atoms with Gasteiger partial charge in [-0.3, -0.25) is 5.10 Å². The molecule has 7 heteroatoms. The number of hydrogen-bond acceptors (Lipinski definition) is 4. The molecule has 1 aromatic heterocycles. The molecular weight excluding hydrogens is 292 g/mol. The van der Waals surface area contributed by atoms with E-state index in [-0.39, 0.29) is 0 Å². The predicted octanol–water partition coefficient (Wildman–Crippen LogP) is 1.94. The van der Waals surface area contributed by atoms with Crippen LogP contribution in [0.3, 0.4) is 0 Å². The lowest BCUT2D eigenvalue weighted by molar-refractivity contribution is 0.415. The van der Waals surface area contributed by atoms with E-state index in [9.17, 15) is 0 Å². The van der Waals surface area contributed by atoms with Crippen molar-refractivity contribution in [3.05, 3.63) is 30.1 Å². The molecule has 0 fully saturated rings. The number of guanidine groups is 1. The summed E-state index contributed by atoms with van der Waals surface area (Å²) in [6, 6.07) is 7.95. The molecule has 2 rings (SSSR count). The standard InChI is InChI=1S/C16H24N6O/c1-5-17-16(19-11(2)3)18-10-14-20-15(22-21-14)12-6-8-13(23-4)9-7-12/h6-9,11H,5,10H2,1-4H3,(H2,17,18,19)(H,20,21,22). The highest BCUT2D eigenvalue weighted by Gasteiger charge is 2.06. The number of methoxy groups -OCH3 is 1. The minimum absolute atomic E-state index is 0.317. The quantitative estimate of drug-likeness (QED) is 0.560. The summed E-state index contributed by atoms with van der Waals surface area (Å²) in [5.74, 6) is 2.95. The summed E-state index contributed by atoms with van der Waals surface area (Å²) in [7, 11) is 1.64. The maximum Gasteiger partial charge on any atom is 0.191 e. The van der Waals surface area contributed by atoms with Crippen LogP contribution in [0.1, 0.15) is 26.6 Å². The van der Waals surface area contributed by atoms with Crippen molar-refractivity contribution in [3.63, 3.8) is 0 Å². The number of ether oxygens (including phenoxy) is 1. The maximum absolute atomic E-state index is 5.15. The largest absolute Gasteiger partial charge is 0.497 e. The first-order valence-electron chi connectivity index (χ1n) is 7.73. The highest BCUT2D eigenvalue weighted by Crippen LogP contribution is 2.18. The van der Waals surface area contributed by atoms with Gasteiger partial charge in [0.1, 0.15) is 18.1 Å². The van der Waals surface area contributed by atoms with Gasteiger partial charge in [0.15, 0.2) is 11.8 Å². The van der Waals surface area contributed by atoms with Crippen molar-refractivity contribution in [2.24, 2.45) is 4.99 Å².